The lowest BCUT2D eigenvalue weighted by molar-refractivity contribution is -0.137. The summed E-state index contributed by atoms with van der Waals surface area (Å²) in [5, 5.41) is 3.54. The Labute approximate surface area is 138 Å². The van der Waals surface area contributed by atoms with Crippen LogP contribution in [0.15, 0.2) is 30.3 Å². The lowest BCUT2D eigenvalue weighted by Crippen LogP contribution is -2.47. The van der Waals surface area contributed by atoms with Crippen LogP contribution in [0.1, 0.15) is 25.5 Å². The molecule has 118 valence electrons. The number of thioether (sulfide) groups is 1. The Bertz CT molecular complexity index is 443. The number of hydrogen-bond acceptors (Lipinski definition) is 3. The summed E-state index contributed by atoms with van der Waals surface area (Å²) in [4.78, 5) is 14.8. The van der Waals surface area contributed by atoms with Gasteiger partial charge in [0.05, 0.1) is 6.04 Å². The third kappa shape index (κ3) is 4.38. The second-order valence-corrected chi connectivity index (χ2v) is 6.91. The van der Waals surface area contributed by atoms with Crippen LogP contribution in [0.3, 0.4) is 0 Å². The topological polar surface area (TPSA) is 32.3 Å². The first-order valence-corrected chi connectivity index (χ1v) is 8.31. The van der Waals surface area contributed by atoms with Crippen molar-refractivity contribution in [3.8, 4) is 0 Å². The molecule has 0 saturated carbocycles. The van der Waals surface area contributed by atoms with Crippen LogP contribution in [0, 0.1) is 5.92 Å². The average Bonchev–Trinajstić information content (AvgIpc) is 2.47. The van der Waals surface area contributed by atoms with Gasteiger partial charge in [-0.1, -0.05) is 44.2 Å². The molecule has 1 aromatic carbocycles. The molecule has 1 aromatic rings. The minimum absolute atomic E-state index is 0. The van der Waals surface area contributed by atoms with Gasteiger partial charge in [0.25, 0.3) is 0 Å². The second kappa shape index (κ2) is 8.66. The predicted octanol–water partition coefficient (Wildman–Crippen LogP) is 2.97. The fraction of sp³-hybridized carbons (Fsp3) is 0.562. The minimum Gasteiger partial charge on any atom is -0.333 e. The van der Waals surface area contributed by atoms with Crippen molar-refractivity contribution < 1.29 is 4.79 Å². The van der Waals surface area contributed by atoms with Crippen LogP contribution in [-0.2, 0) is 4.79 Å². The molecule has 1 aliphatic rings. The van der Waals surface area contributed by atoms with Crippen molar-refractivity contribution in [3.63, 3.8) is 0 Å². The number of benzene rings is 1. The Morgan fingerprint density at radius 1 is 1.43 bits per heavy atom. The molecule has 1 saturated heterocycles. The van der Waals surface area contributed by atoms with Crippen molar-refractivity contribution in [2.75, 3.05) is 25.9 Å². The highest BCUT2D eigenvalue weighted by molar-refractivity contribution is 8.00. The molecule has 1 N–H and O–H groups in total. The molecule has 0 aromatic heterocycles. The van der Waals surface area contributed by atoms with Crippen LogP contribution in [0.25, 0.3) is 0 Å². The van der Waals surface area contributed by atoms with E-state index in [1.807, 2.05) is 31.8 Å². The molecule has 0 aliphatic carbocycles. The number of rotatable bonds is 4. The number of halogens is 1. The van der Waals surface area contributed by atoms with E-state index in [9.17, 15) is 4.79 Å². The molecule has 3 unspecified atom stereocenters. The van der Waals surface area contributed by atoms with Gasteiger partial charge in [-0.3, -0.25) is 4.79 Å². The van der Waals surface area contributed by atoms with Crippen molar-refractivity contribution in [3.05, 3.63) is 35.9 Å². The Hall–Kier alpha value is -0.710. The molecule has 0 spiro atoms. The highest BCUT2D eigenvalue weighted by Gasteiger charge is 2.34. The summed E-state index contributed by atoms with van der Waals surface area (Å²) in [6.07, 6.45) is 0. The van der Waals surface area contributed by atoms with Crippen LogP contribution in [0.2, 0.25) is 0 Å². The molecule has 1 fully saturated rings. The third-order valence-corrected chi connectivity index (χ3v) is 5.05. The van der Waals surface area contributed by atoms with Gasteiger partial charge in [0.2, 0.25) is 5.91 Å². The molecule has 1 amide bonds. The van der Waals surface area contributed by atoms with Crippen molar-refractivity contribution in [2.24, 2.45) is 5.92 Å². The van der Waals surface area contributed by atoms with Gasteiger partial charge >= 0.3 is 0 Å². The van der Waals surface area contributed by atoms with E-state index in [1.165, 1.54) is 5.56 Å². The van der Waals surface area contributed by atoms with E-state index in [4.69, 9.17) is 0 Å². The highest BCUT2D eigenvalue weighted by Crippen LogP contribution is 2.36. The maximum Gasteiger partial charge on any atom is 0.227 e. The van der Waals surface area contributed by atoms with E-state index in [1.54, 1.807) is 0 Å². The van der Waals surface area contributed by atoms with Crippen molar-refractivity contribution in [1.82, 2.24) is 10.2 Å². The highest BCUT2D eigenvalue weighted by atomic mass is 35.5. The van der Waals surface area contributed by atoms with E-state index in [0.717, 1.165) is 18.8 Å². The summed E-state index contributed by atoms with van der Waals surface area (Å²) in [5.74, 6) is 1.32. The van der Waals surface area contributed by atoms with Gasteiger partial charge in [-0.05, 0) is 12.6 Å². The largest absolute Gasteiger partial charge is 0.333 e. The zero-order valence-electron chi connectivity index (χ0n) is 12.9. The van der Waals surface area contributed by atoms with Gasteiger partial charge in [0.15, 0.2) is 0 Å². The Morgan fingerprint density at radius 3 is 2.71 bits per heavy atom. The molecule has 21 heavy (non-hydrogen) atoms. The normalized spacial score (nSPS) is 23.3. The zero-order chi connectivity index (χ0) is 14.5. The minimum atomic E-state index is 0. The molecule has 3 atom stereocenters. The number of nitrogens with one attached hydrogen (secondary N) is 1. The molecule has 5 heteroatoms. The maximum absolute atomic E-state index is 12.7. The molecule has 0 radical (unpaired) electrons. The fourth-order valence-electron chi connectivity index (χ4n) is 2.85. The molecule has 1 aliphatic heterocycles. The predicted molar refractivity (Wildman–Crippen MR) is 93.2 cm³/mol. The monoisotopic (exact) mass is 328 g/mol. The SMILES string of the molecule is CNCC(C)C(=O)N1CCSC(C)C1c1ccccc1.Cl. The molecule has 2 rings (SSSR count). The number of amides is 1. The number of carbonyl (C=O) groups is 1. The number of nitrogens with zero attached hydrogens (tertiary/aromatic N) is 1. The van der Waals surface area contributed by atoms with Crippen LogP contribution in [-0.4, -0.2) is 41.9 Å². The standard InChI is InChI=1S/C16H24N2OS.ClH/c1-12(11-17-3)16(19)18-9-10-20-13(2)15(18)14-7-5-4-6-8-14;/h4-8,12-13,15,17H,9-11H2,1-3H3;1H. The van der Waals surface area contributed by atoms with Gasteiger partial charge in [-0.25, -0.2) is 0 Å². The summed E-state index contributed by atoms with van der Waals surface area (Å²) in [5.41, 5.74) is 1.25. The molecular formula is C16H25ClN2OS. The average molecular weight is 329 g/mol. The fourth-order valence-corrected chi connectivity index (χ4v) is 4.01. The summed E-state index contributed by atoms with van der Waals surface area (Å²) in [6.45, 7) is 5.82. The first-order chi connectivity index (χ1) is 9.65. The summed E-state index contributed by atoms with van der Waals surface area (Å²) >= 11 is 1.96. The molecule has 3 nitrogen and oxygen atoms in total. The third-order valence-electron chi connectivity index (χ3n) is 3.85. The first kappa shape index (κ1) is 18.3. The first-order valence-electron chi connectivity index (χ1n) is 7.26. The van der Waals surface area contributed by atoms with Crippen LogP contribution < -0.4 is 5.32 Å². The van der Waals surface area contributed by atoms with E-state index in [2.05, 4.69) is 41.4 Å². The smallest absolute Gasteiger partial charge is 0.227 e. The Balaban J connectivity index is 0.00000220. The van der Waals surface area contributed by atoms with Gasteiger partial charge in [-0.15, -0.1) is 12.4 Å². The maximum atomic E-state index is 12.7. The van der Waals surface area contributed by atoms with Crippen LogP contribution in [0.4, 0.5) is 0 Å². The van der Waals surface area contributed by atoms with Crippen LogP contribution in [0.5, 0.6) is 0 Å². The molecular weight excluding hydrogens is 304 g/mol. The van der Waals surface area contributed by atoms with Gasteiger partial charge in [-0.2, -0.15) is 11.8 Å². The number of hydrogen-bond donors (Lipinski definition) is 1. The lowest BCUT2D eigenvalue weighted by atomic mass is 10.00. The zero-order valence-corrected chi connectivity index (χ0v) is 14.5. The Kier molecular flexibility index (Phi) is 7.57. The molecule has 1 heterocycles. The van der Waals surface area contributed by atoms with Crippen molar-refractivity contribution in [2.45, 2.75) is 25.1 Å². The van der Waals surface area contributed by atoms with Gasteiger partial charge in [0.1, 0.15) is 0 Å². The molecule has 0 bridgehead atoms. The lowest BCUT2D eigenvalue weighted by Gasteiger charge is -2.41. The van der Waals surface area contributed by atoms with Crippen molar-refractivity contribution >= 4 is 30.1 Å². The van der Waals surface area contributed by atoms with Crippen molar-refractivity contribution in [1.29, 1.82) is 0 Å². The van der Waals surface area contributed by atoms with E-state index in [-0.39, 0.29) is 30.3 Å². The van der Waals surface area contributed by atoms with E-state index >= 15 is 0 Å². The second-order valence-electron chi connectivity index (χ2n) is 5.42. The Morgan fingerprint density at radius 2 is 2.10 bits per heavy atom. The van der Waals surface area contributed by atoms with E-state index in [0.29, 0.717) is 5.25 Å². The summed E-state index contributed by atoms with van der Waals surface area (Å²) in [6, 6.07) is 10.6. The van der Waals surface area contributed by atoms with Crippen LogP contribution >= 0.6 is 24.2 Å². The number of carbonyl (C=O) groups excluding carboxylic acids is 1. The quantitative estimate of drug-likeness (QED) is 0.922. The van der Waals surface area contributed by atoms with E-state index < -0.39 is 0 Å². The van der Waals surface area contributed by atoms with Gasteiger partial charge in [0, 0.05) is 30.0 Å². The van der Waals surface area contributed by atoms with Gasteiger partial charge < -0.3 is 10.2 Å². The summed E-state index contributed by atoms with van der Waals surface area (Å²) in [7, 11) is 1.90. The summed E-state index contributed by atoms with van der Waals surface area (Å²) < 4.78 is 0.